The minimum Gasteiger partial charge on any atom is -0.288 e. The fraction of sp³-hybridized carbons (Fsp3) is 0.727. The molecule has 0 bridgehead atoms. The van der Waals surface area contributed by atoms with Gasteiger partial charge in [-0.1, -0.05) is 33.3 Å². The van der Waals surface area contributed by atoms with Gasteiger partial charge in [-0.15, -0.1) is 0 Å². The second kappa shape index (κ2) is 5.23. The number of hydrogen-bond acceptors (Lipinski definition) is 1. The van der Waals surface area contributed by atoms with E-state index in [-0.39, 0.29) is 5.57 Å². The first-order chi connectivity index (χ1) is 6.36. The van der Waals surface area contributed by atoms with Crippen molar-refractivity contribution in [3.63, 3.8) is 0 Å². The molecule has 0 N–H and O–H groups in total. The molecular weight excluding hydrogens is 186 g/mol. The molecule has 0 aliphatic rings. The summed E-state index contributed by atoms with van der Waals surface area (Å²) in [5.74, 6) is -1.04. The van der Waals surface area contributed by atoms with Gasteiger partial charge in [0.05, 0.1) is 0 Å². The maximum Gasteiger partial charge on any atom is 0.300 e. The van der Waals surface area contributed by atoms with Gasteiger partial charge in [-0.25, -0.2) is 8.78 Å². The zero-order valence-electron chi connectivity index (χ0n) is 9.23. The molecule has 14 heavy (non-hydrogen) atoms. The van der Waals surface area contributed by atoms with Gasteiger partial charge in [-0.05, 0) is 18.8 Å². The fourth-order valence-corrected chi connectivity index (χ4v) is 1.74. The van der Waals surface area contributed by atoms with Gasteiger partial charge < -0.3 is 0 Å². The zero-order valence-corrected chi connectivity index (χ0v) is 9.23. The molecule has 0 aliphatic carbocycles. The number of rotatable bonds is 5. The summed E-state index contributed by atoms with van der Waals surface area (Å²) in [4.78, 5) is 11.2. The zero-order chi connectivity index (χ0) is 11.4. The van der Waals surface area contributed by atoms with Crippen LogP contribution in [0.15, 0.2) is 11.6 Å². The van der Waals surface area contributed by atoms with Gasteiger partial charge in [0.15, 0.2) is 0 Å². The molecular formula is C11H18F2O. The fourth-order valence-electron chi connectivity index (χ4n) is 1.74. The highest BCUT2D eigenvalue weighted by molar-refractivity contribution is 5.98. The number of ketones is 1. The molecule has 1 nitrogen and oxygen atoms in total. The molecule has 82 valence electrons. The Morgan fingerprint density at radius 1 is 1.43 bits per heavy atom. The number of alkyl halides is 2. The summed E-state index contributed by atoms with van der Waals surface area (Å²) in [5.41, 5.74) is -0.203. The standard InChI is InChI=1S/C11H18F2O/c1-5-7-11(3,4)8(6-2)9(14)10(12)13/h6,10H,5,7H2,1-4H3/b8-6-. The summed E-state index contributed by atoms with van der Waals surface area (Å²) in [7, 11) is 0. The van der Waals surface area contributed by atoms with Crippen LogP contribution in [0.25, 0.3) is 0 Å². The summed E-state index contributed by atoms with van der Waals surface area (Å²) < 4.78 is 24.5. The average Bonchev–Trinajstić information content (AvgIpc) is 2.04. The third kappa shape index (κ3) is 3.20. The average molecular weight is 204 g/mol. The lowest BCUT2D eigenvalue weighted by Gasteiger charge is -2.26. The number of halogens is 2. The molecule has 0 aromatic heterocycles. The van der Waals surface area contributed by atoms with E-state index in [9.17, 15) is 13.6 Å². The number of allylic oxidation sites excluding steroid dienone is 2. The maximum absolute atomic E-state index is 12.2. The largest absolute Gasteiger partial charge is 0.300 e. The second-order valence-electron chi connectivity index (χ2n) is 4.00. The number of carbonyl (C=O) groups excluding carboxylic acids is 1. The molecule has 0 aliphatic heterocycles. The molecule has 0 amide bonds. The van der Waals surface area contributed by atoms with E-state index in [0.29, 0.717) is 0 Å². The molecule has 0 rings (SSSR count). The number of Topliss-reactive ketones (excluding diaryl/α,β-unsaturated/α-hetero) is 1. The summed E-state index contributed by atoms with van der Waals surface area (Å²) in [6, 6.07) is 0. The quantitative estimate of drug-likeness (QED) is 0.625. The van der Waals surface area contributed by atoms with E-state index in [0.717, 1.165) is 12.8 Å². The van der Waals surface area contributed by atoms with E-state index in [4.69, 9.17) is 0 Å². The molecule has 0 spiro atoms. The van der Waals surface area contributed by atoms with Crippen LogP contribution in [-0.4, -0.2) is 12.2 Å². The summed E-state index contributed by atoms with van der Waals surface area (Å²) in [6.45, 7) is 7.26. The molecule has 0 radical (unpaired) electrons. The predicted molar refractivity (Wildman–Crippen MR) is 53.5 cm³/mol. The first-order valence-corrected chi connectivity index (χ1v) is 4.86. The molecule has 0 aromatic rings. The van der Waals surface area contributed by atoms with Gasteiger partial charge in [0.1, 0.15) is 0 Å². The Kier molecular flexibility index (Phi) is 4.95. The Labute approximate surface area is 84.2 Å². The van der Waals surface area contributed by atoms with Crippen LogP contribution in [0.1, 0.15) is 40.5 Å². The van der Waals surface area contributed by atoms with E-state index in [1.807, 2.05) is 20.8 Å². The van der Waals surface area contributed by atoms with Crippen LogP contribution in [0, 0.1) is 5.41 Å². The van der Waals surface area contributed by atoms with Crippen LogP contribution >= 0.6 is 0 Å². The number of carbonyl (C=O) groups is 1. The van der Waals surface area contributed by atoms with Crippen molar-refractivity contribution >= 4 is 5.78 Å². The SMILES string of the molecule is C/C=C(/C(=O)C(F)F)C(C)(C)CCC. The molecule has 0 unspecified atom stereocenters. The van der Waals surface area contributed by atoms with Crippen LogP contribution in [0.2, 0.25) is 0 Å². The highest BCUT2D eigenvalue weighted by Gasteiger charge is 2.31. The Morgan fingerprint density at radius 3 is 2.21 bits per heavy atom. The van der Waals surface area contributed by atoms with Gasteiger partial charge in [-0.3, -0.25) is 4.79 Å². The van der Waals surface area contributed by atoms with Crippen molar-refractivity contribution in [2.45, 2.75) is 47.0 Å². The summed E-state index contributed by atoms with van der Waals surface area (Å²) in [5, 5.41) is 0. The molecule has 0 atom stereocenters. The lowest BCUT2D eigenvalue weighted by molar-refractivity contribution is -0.126. The highest BCUT2D eigenvalue weighted by Crippen LogP contribution is 2.33. The van der Waals surface area contributed by atoms with E-state index in [2.05, 4.69) is 0 Å². The lowest BCUT2D eigenvalue weighted by atomic mass is 9.78. The summed E-state index contributed by atoms with van der Waals surface area (Å²) >= 11 is 0. The van der Waals surface area contributed by atoms with Crippen molar-refractivity contribution in [2.24, 2.45) is 5.41 Å². The van der Waals surface area contributed by atoms with Crippen LogP contribution in [0.5, 0.6) is 0 Å². The normalized spacial score (nSPS) is 13.5. The molecule has 0 aromatic carbocycles. The van der Waals surface area contributed by atoms with Gasteiger partial charge in [0, 0.05) is 5.57 Å². The van der Waals surface area contributed by atoms with Crippen LogP contribution < -0.4 is 0 Å². The van der Waals surface area contributed by atoms with Crippen molar-refractivity contribution in [3.8, 4) is 0 Å². The summed E-state index contributed by atoms with van der Waals surface area (Å²) in [6.07, 6.45) is 0.230. The molecule has 0 heterocycles. The van der Waals surface area contributed by atoms with Gasteiger partial charge >= 0.3 is 0 Å². The van der Waals surface area contributed by atoms with Gasteiger partial charge in [-0.2, -0.15) is 0 Å². The molecule has 0 saturated heterocycles. The Morgan fingerprint density at radius 2 is 1.93 bits per heavy atom. The first kappa shape index (κ1) is 13.3. The van der Waals surface area contributed by atoms with E-state index in [1.54, 1.807) is 6.92 Å². The maximum atomic E-state index is 12.2. The van der Waals surface area contributed by atoms with E-state index >= 15 is 0 Å². The van der Waals surface area contributed by atoms with Crippen molar-refractivity contribution in [1.82, 2.24) is 0 Å². The van der Waals surface area contributed by atoms with E-state index in [1.165, 1.54) is 6.08 Å². The van der Waals surface area contributed by atoms with Crippen molar-refractivity contribution in [3.05, 3.63) is 11.6 Å². The third-order valence-electron chi connectivity index (χ3n) is 2.36. The highest BCUT2D eigenvalue weighted by atomic mass is 19.3. The van der Waals surface area contributed by atoms with Crippen LogP contribution in [0.4, 0.5) is 8.78 Å². The Bertz CT molecular complexity index is 229. The van der Waals surface area contributed by atoms with Gasteiger partial charge in [0.25, 0.3) is 6.43 Å². The van der Waals surface area contributed by atoms with Crippen LogP contribution in [-0.2, 0) is 4.79 Å². The monoisotopic (exact) mass is 204 g/mol. The molecule has 0 saturated carbocycles. The third-order valence-corrected chi connectivity index (χ3v) is 2.36. The topological polar surface area (TPSA) is 17.1 Å². The van der Waals surface area contributed by atoms with Gasteiger partial charge in [0.2, 0.25) is 5.78 Å². The predicted octanol–water partition coefficient (Wildman–Crippen LogP) is 3.59. The van der Waals surface area contributed by atoms with Crippen LogP contribution in [0.3, 0.4) is 0 Å². The molecule has 0 fully saturated rings. The second-order valence-corrected chi connectivity index (χ2v) is 4.00. The first-order valence-electron chi connectivity index (χ1n) is 4.86. The number of hydrogen-bond donors (Lipinski definition) is 0. The van der Waals surface area contributed by atoms with Crippen molar-refractivity contribution in [2.75, 3.05) is 0 Å². The minimum absolute atomic E-state index is 0.245. The molecule has 3 heteroatoms. The van der Waals surface area contributed by atoms with Crippen molar-refractivity contribution in [1.29, 1.82) is 0 Å². The minimum atomic E-state index is -2.89. The van der Waals surface area contributed by atoms with E-state index < -0.39 is 17.6 Å². The lowest BCUT2D eigenvalue weighted by Crippen LogP contribution is -2.25. The van der Waals surface area contributed by atoms with Crippen molar-refractivity contribution < 1.29 is 13.6 Å². The smallest absolute Gasteiger partial charge is 0.288 e. The Balaban J connectivity index is 4.82. The Hall–Kier alpha value is -0.730.